The predicted molar refractivity (Wildman–Crippen MR) is 174 cm³/mol. The molecule has 0 atom stereocenters. The van der Waals surface area contributed by atoms with Gasteiger partial charge < -0.3 is 10.2 Å². The fourth-order valence-electron chi connectivity index (χ4n) is 4.24. The third kappa shape index (κ3) is 43.0. The molecule has 4 heteroatoms. The highest BCUT2D eigenvalue weighted by Gasteiger charge is 1.96. The molecule has 4 nitrogen and oxygen atoms in total. The molecule has 0 spiro atoms. The van der Waals surface area contributed by atoms with Crippen molar-refractivity contribution < 1.29 is 19.8 Å². The van der Waals surface area contributed by atoms with Crippen LogP contribution < -0.4 is 0 Å². The first-order valence-electron chi connectivity index (χ1n) is 16.6. The number of aliphatic carboxylic acids is 2. The molecule has 0 unspecified atom stereocenters. The van der Waals surface area contributed by atoms with Gasteiger partial charge in [0.05, 0.1) is 0 Å². The average Bonchev–Trinajstić information content (AvgIpc) is 2.93. The van der Waals surface area contributed by atoms with Crippen LogP contribution in [0.1, 0.15) is 168 Å². The minimum atomic E-state index is -0.675. The van der Waals surface area contributed by atoms with Crippen LogP contribution in [0.3, 0.4) is 0 Å². The molecule has 0 fully saturated rings. The molecule has 0 aromatic heterocycles. The fraction of sp³-hybridized carbons (Fsp3) is 0.722. The topological polar surface area (TPSA) is 74.6 Å². The largest absolute Gasteiger partial charge is 0.481 e. The molecule has 0 aliphatic rings. The molecule has 2 N–H and O–H groups in total. The molecular weight excluding hydrogens is 496 g/mol. The first-order chi connectivity index (χ1) is 19.5. The summed E-state index contributed by atoms with van der Waals surface area (Å²) in [5.74, 6) is -1.34. The van der Waals surface area contributed by atoms with E-state index in [4.69, 9.17) is 10.2 Å². The van der Waals surface area contributed by atoms with Crippen molar-refractivity contribution in [3.63, 3.8) is 0 Å². The maximum absolute atomic E-state index is 10.3. The predicted octanol–water partition coefficient (Wildman–Crippen LogP) is 11.8. The molecule has 0 bridgehead atoms. The van der Waals surface area contributed by atoms with Gasteiger partial charge in [0.25, 0.3) is 0 Å². The Kier molecular flexibility index (Phi) is 36.9. The van der Waals surface area contributed by atoms with Gasteiger partial charge in [-0.2, -0.15) is 0 Å². The molecule has 0 amide bonds. The van der Waals surface area contributed by atoms with Crippen LogP contribution in [0.4, 0.5) is 0 Å². The lowest BCUT2D eigenvalue weighted by atomic mass is 10.1. The Hall–Kier alpha value is -2.10. The second-order valence-corrected chi connectivity index (χ2v) is 10.7. The number of carboxylic acids is 2. The highest BCUT2D eigenvalue weighted by atomic mass is 16.4. The summed E-state index contributed by atoms with van der Waals surface area (Å²) in [6.07, 6.45) is 44.6. The Morgan fingerprint density at radius 2 is 0.750 bits per heavy atom. The van der Waals surface area contributed by atoms with Gasteiger partial charge in [0.2, 0.25) is 0 Å². The lowest BCUT2D eigenvalue weighted by molar-refractivity contribution is -0.138. The maximum Gasteiger partial charge on any atom is 0.303 e. The number of hydrogen-bond donors (Lipinski definition) is 2. The van der Waals surface area contributed by atoms with E-state index in [1.54, 1.807) is 0 Å². The van der Waals surface area contributed by atoms with Gasteiger partial charge >= 0.3 is 11.9 Å². The number of allylic oxidation sites excluding steroid dienone is 8. The minimum absolute atomic E-state index is 0.319. The van der Waals surface area contributed by atoms with E-state index in [1.807, 2.05) is 0 Å². The van der Waals surface area contributed by atoms with E-state index >= 15 is 0 Å². The van der Waals surface area contributed by atoms with Crippen molar-refractivity contribution in [2.45, 2.75) is 168 Å². The summed E-state index contributed by atoms with van der Waals surface area (Å²) < 4.78 is 0. The van der Waals surface area contributed by atoms with Crippen LogP contribution in [-0.4, -0.2) is 22.2 Å². The third-order valence-corrected chi connectivity index (χ3v) is 6.69. The molecular formula is C36H64O4. The van der Waals surface area contributed by atoms with Crippen LogP contribution in [0.25, 0.3) is 0 Å². The normalized spacial score (nSPS) is 11.7. The quantitative estimate of drug-likeness (QED) is 0.0737. The van der Waals surface area contributed by atoms with Crippen molar-refractivity contribution in [2.75, 3.05) is 0 Å². The Morgan fingerprint density at radius 1 is 0.425 bits per heavy atom. The molecule has 40 heavy (non-hydrogen) atoms. The third-order valence-electron chi connectivity index (χ3n) is 6.69. The number of carboxylic acid groups (broad SMARTS) is 2. The van der Waals surface area contributed by atoms with E-state index in [0.29, 0.717) is 12.8 Å². The van der Waals surface area contributed by atoms with Gasteiger partial charge in [0, 0.05) is 12.8 Å². The van der Waals surface area contributed by atoms with E-state index < -0.39 is 11.9 Å². The highest BCUT2D eigenvalue weighted by Crippen LogP contribution is 2.10. The number of unbranched alkanes of at least 4 members (excludes halogenated alkanes) is 16. The Bertz CT molecular complexity index is 645. The van der Waals surface area contributed by atoms with Crippen molar-refractivity contribution >= 4 is 11.9 Å². The molecule has 0 heterocycles. The molecule has 0 saturated heterocycles. The van der Waals surface area contributed by atoms with Crippen molar-refractivity contribution in [1.82, 2.24) is 0 Å². The van der Waals surface area contributed by atoms with Crippen LogP contribution in [0.2, 0.25) is 0 Å². The van der Waals surface area contributed by atoms with E-state index in [0.717, 1.165) is 57.8 Å². The second kappa shape index (κ2) is 36.9. The zero-order valence-electron chi connectivity index (χ0n) is 26.3. The summed E-state index contributed by atoms with van der Waals surface area (Å²) in [5.41, 5.74) is 0. The molecule has 0 radical (unpaired) electrons. The highest BCUT2D eigenvalue weighted by molar-refractivity contribution is 5.66. The minimum Gasteiger partial charge on any atom is -0.481 e. The molecule has 0 aliphatic carbocycles. The molecule has 0 aromatic carbocycles. The SMILES string of the molecule is CCC=CCC=CCC=CCCCCCCCC(=O)O.CCCCCCCCC=CCCCCCCCC(=O)O. The van der Waals surface area contributed by atoms with Gasteiger partial charge in [-0.3, -0.25) is 9.59 Å². The first-order valence-corrected chi connectivity index (χ1v) is 16.6. The van der Waals surface area contributed by atoms with Gasteiger partial charge in [-0.25, -0.2) is 0 Å². The van der Waals surface area contributed by atoms with Gasteiger partial charge in [-0.1, -0.05) is 133 Å². The van der Waals surface area contributed by atoms with Crippen LogP contribution in [0.5, 0.6) is 0 Å². The van der Waals surface area contributed by atoms with Crippen molar-refractivity contribution in [3.8, 4) is 0 Å². The fourth-order valence-corrected chi connectivity index (χ4v) is 4.24. The Morgan fingerprint density at radius 3 is 1.15 bits per heavy atom. The molecule has 0 aromatic rings. The van der Waals surface area contributed by atoms with E-state index in [9.17, 15) is 9.59 Å². The van der Waals surface area contributed by atoms with Crippen LogP contribution in [-0.2, 0) is 9.59 Å². The summed E-state index contributed by atoms with van der Waals surface area (Å²) >= 11 is 0. The maximum atomic E-state index is 10.3. The van der Waals surface area contributed by atoms with Gasteiger partial charge in [0.15, 0.2) is 0 Å². The van der Waals surface area contributed by atoms with E-state index in [1.165, 1.54) is 83.5 Å². The molecule has 0 rings (SSSR count). The number of rotatable bonds is 28. The van der Waals surface area contributed by atoms with Gasteiger partial charge in [-0.15, -0.1) is 0 Å². The van der Waals surface area contributed by atoms with E-state index in [2.05, 4.69) is 62.5 Å². The Balaban J connectivity index is 0. The average molecular weight is 561 g/mol. The molecule has 0 aliphatic heterocycles. The standard InChI is InChI=1S/C18H34O2.C18H30O2/c2*1-2-3-4-5-6-7-8-9-10-11-12-13-14-15-16-17-18(19)20/h9-10H,2-8,11-17H2,1H3,(H,19,20);3-4,6-7,9-10H,2,5,8,11-17H2,1H3,(H,19,20). The molecule has 0 saturated carbocycles. The van der Waals surface area contributed by atoms with Crippen LogP contribution >= 0.6 is 0 Å². The van der Waals surface area contributed by atoms with Crippen molar-refractivity contribution in [1.29, 1.82) is 0 Å². The van der Waals surface area contributed by atoms with Crippen LogP contribution in [0.15, 0.2) is 48.6 Å². The summed E-state index contributed by atoms with van der Waals surface area (Å²) in [6, 6.07) is 0. The zero-order valence-corrected chi connectivity index (χ0v) is 26.3. The summed E-state index contributed by atoms with van der Waals surface area (Å²) in [7, 11) is 0. The Labute approximate surface area is 248 Å². The van der Waals surface area contributed by atoms with Crippen LogP contribution in [0, 0.1) is 0 Å². The van der Waals surface area contributed by atoms with Gasteiger partial charge in [-0.05, 0) is 70.6 Å². The number of carbonyl (C=O) groups is 2. The van der Waals surface area contributed by atoms with Crippen molar-refractivity contribution in [2.24, 2.45) is 0 Å². The summed E-state index contributed by atoms with van der Waals surface area (Å²) in [4.78, 5) is 20.6. The monoisotopic (exact) mass is 560 g/mol. The van der Waals surface area contributed by atoms with E-state index in [-0.39, 0.29) is 0 Å². The lowest BCUT2D eigenvalue weighted by Gasteiger charge is -1.99. The lowest BCUT2D eigenvalue weighted by Crippen LogP contribution is -1.93. The summed E-state index contributed by atoms with van der Waals surface area (Å²) in [5, 5.41) is 17.0. The summed E-state index contributed by atoms with van der Waals surface area (Å²) in [6.45, 7) is 4.41. The van der Waals surface area contributed by atoms with Gasteiger partial charge in [0.1, 0.15) is 0 Å². The molecule has 232 valence electrons. The second-order valence-electron chi connectivity index (χ2n) is 10.7. The number of hydrogen-bond acceptors (Lipinski definition) is 2. The van der Waals surface area contributed by atoms with Crippen molar-refractivity contribution in [3.05, 3.63) is 48.6 Å². The first kappa shape index (κ1) is 40.0. The smallest absolute Gasteiger partial charge is 0.303 e. The zero-order chi connectivity index (χ0) is 29.8.